The minimum absolute atomic E-state index is 1.05. The van der Waals surface area contributed by atoms with Gasteiger partial charge in [0.2, 0.25) is 5.79 Å². The molecule has 35 nitrogen and oxygen atoms in total. The maximum atomic E-state index is 11.4. The summed E-state index contributed by atoms with van der Waals surface area (Å²) in [4.78, 5) is 0. The van der Waals surface area contributed by atoms with E-state index >= 15 is 0 Å². The van der Waals surface area contributed by atoms with E-state index in [1.165, 1.54) is 25.7 Å². The number of aliphatic hydroxyl groups excluding tert-OH is 20. The van der Waals surface area contributed by atoms with Crippen molar-refractivity contribution in [3.63, 3.8) is 0 Å². The van der Waals surface area contributed by atoms with Gasteiger partial charge in [-0.2, -0.15) is 0 Å². The molecule has 0 aromatic carbocycles. The van der Waals surface area contributed by atoms with Crippen molar-refractivity contribution in [3.05, 3.63) is 0 Å². The zero-order chi connectivity index (χ0) is 58.2. The van der Waals surface area contributed by atoms with E-state index in [4.69, 9.17) is 66.3 Å². The Morgan fingerprint density at radius 1 is 0.263 bits per heavy atom. The molecule has 13 unspecified atom stereocenters. The number of hydrogen-bond donors (Lipinski definition) is 21. The zero-order valence-electron chi connectivity index (χ0n) is 42.4. The van der Waals surface area contributed by atoms with E-state index in [1.807, 2.05) is 0 Å². The van der Waals surface area contributed by atoms with Gasteiger partial charge in [-0.25, -0.2) is 0 Å². The number of rotatable bonds is 6. The smallest absolute Gasteiger partial charge is 0.221 e. The van der Waals surface area contributed by atoms with Crippen LogP contribution in [0.25, 0.3) is 0 Å². The molecule has 0 aromatic heterocycles. The lowest BCUT2D eigenvalue weighted by Gasteiger charge is -2.50. The molecule has 0 amide bonds. The lowest BCUT2D eigenvalue weighted by molar-refractivity contribution is -0.433. The molecular weight excluding hydrogens is 1100 g/mol. The second-order valence-corrected chi connectivity index (χ2v) is 20.8. The van der Waals surface area contributed by atoms with E-state index in [1.54, 1.807) is 0 Å². The fourth-order valence-corrected chi connectivity index (χ4v) is 10.4. The van der Waals surface area contributed by atoms with Gasteiger partial charge in [-0.15, -0.1) is 0 Å². The predicted molar refractivity (Wildman–Crippen MR) is 242 cm³/mol. The zero-order valence-corrected chi connectivity index (χ0v) is 42.4. The third kappa shape index (κ3) is 13.0. The van der Waals surface area contributed by atoms with Crippen molar-refractivity contribution in [2.75, 3.05) is 46.2 Å². The molecule has 22 rings (SSSR count). The topological polar surface area (TPSA) is 554 Å². The molecule has 0 aromatic rings. The van der Waals surface area contributed by atoms with E-state index < -0.39 is 255 Å². The Kier molecular flexibility index (Phi) is 22.2. The van der Waals surface area contributed by atoms with Gasteiger partial charge in [-0.05, 0) is 0 Å². The number of ether oxygens (including phenoxy) is 14. The largest absolute Gasteiger partial charge is 0.394 e. The highest BCUT2D eigenvalue weighted by atomic mass is 16.8. The quantitative estimate of drug-likeness (QED) is 0.117. The molecule has 34 atom stereocenters. The van der Waals surface area contributed by atoms with Crippen LogP contribution in [0.15, 0.2) is 0 Å². The van der Waals surface area contributed by atoms with E-state index in [-0.39, 0.29) is 0 Å². The molecule has 22 fully saturated rings. The van der Waals surface area contributed by atoms with Crippen LogP contribution in [0.4, 0.5) is 0 Å². The van der Waals surface area contributed by atoms with Crippen molar-refractivity contribution in [2.24, 2.45) is 0 Å². The van der Waals surface area contributed by atoms with Gasteiger partial charge in [-0.1, -0.05) is 25.7 Å². The van der Waals surface area contributed by atoms with Crippen LogP contribution in [0.5, 0.6) is 0 Å². The number of aliphatic hydroxyl groups is 21. The molecule has 14 bridgehead atoms. The van der Waals surface area contributed by atoms with Gasteiger partial charge in [0.15, 0.2) is 44.0 Å². The highest BCUT2D eigenvalue weighted by molar-refractivity contribution is 5.01. The van der Waals surface area contributed by atoms with E-state index in [0.29, 0.717) is 0 Å². The normalized spacial score (nSPS) is 54.3. The molecule has 80 heavy (non-hydrogen) atoms. The first-order chi connectivity index (χ1) is 38.1. The lowest BCUT2D eigenvalue weighted by Crippen LogP contribution is -2.69. The Morgan fingerprint density at radius 2 is 0.475 bits per heavy atom. The summed E-state index contributed by atoms with van der Waals surface area (Å²) in [6.45, 7) is -7.50. The van der Waals surface area contributed by atoms with Crippen molar-refractivity contribution in [1.29, 1.82) is 0 Å². The molecule has 22 aliphatic rings. The molecule has 21 aliphatic heterocycles. The monoisotopic (exact) mass is 1180 g/mol. The minimum atomic E-state index is -3.06. The van der Waals surface area contributed by atoms with E-state index in [9.17, 15) is 107 Å². The van der Waals surface area contributed by atoms with Crippen LogP contribution in [-0.4, -0.2) is 362 Å². The highest BCUT2D eigenvalue weighted by Crippen LogP contribution is 2.39. The fraction of sp³-hybridized carbons (Fsp3) is 1.00. The third-order valence-corrected chi connectivity index (χ3v) is 15.5. The van der Waals surface area contributed by atoms with Gasteiger partial charge in [0, 0.05) is 0 Å². The highest BCUT2D eigenvalue weighted by Gasteiger charge is 2.60. The second-order valence-electron chi connectivity index (χ2n) is 20.8. The summed E-state index contributed by atoms with van der Waals surface area (Å²) >= 11 is 0. The van der Waals surface area contributed by atoms with Gasteiger partial charge >= 0.3 is 0 Å². The maximum absolute atomic E-state index is 11.4. The predicted octanol–water partition coefficient (Wildman–Crippen LogP) is -13.7. The molecule has 1 saturated carbocycles. The Bertz CT molecular complexity index is 1880. The molecular formula is C45H76O35. The summed E-state index contributed by atoms with van der Waals surface area (Å²) in [6.07, 6.45) is -61.6. The minimum Gasteiger partial charge on any atom is -0.394 e. The maximum Gasteiger partial charge on any atom is 0.221 e. The Morgan fingerprint density at radius 3 is 0.700 bits per heavy atom. The molecule has 0 spiro atoms. The summed E-state index contributed by atoms with van der Waals surface area (Å²) in [5.41, 5.74) is 0. The van der Waals surface area contributed by atoms with Crippen molar-refractivity contribution in [2.45, 2.75) is 234 Å². The Balaban J connectivity index is 0.00000201. The van der Waals surface area contributed by atoms with Gasteiger partial charge in [0.1, 0.15) is 165 Å². The molecule has 35 heteroatoms. The van der Waals surface area contributed by atoms with Gasteiger partial charge in [-0.3, -0.25) is 0 Å². The standard InChI is InChI=1S/C41H68O35.C4H8/c42-1-8-27-14(48)20(54)35(64-8)71-28-9(2-43)65-36(21(55)15(28)49)72-29-10(3-44)66-37(22(56)16(29)50)73-30-11(4-45)67-38(23(57)17(30)51)74-31-12(5-46)68-39(24(58)18(31)52)75-32-13(6-47)69-40(25(59)19(32)53)76-41(62)7-63-34(70-27)26(60)33(41)61;1-2-4-3-1/h8-40,42-62H,1-7H2;1-4H2/t8-,9-,10-,11-,12-,13-,14?,15?,16?,17?,18?,19?,20-,21-,22-,23-,24-,25-,26-,27?,28?,29?,30?,31?,32?,33?,34-,35+,36-,37-,38-,39+,40+,41+;/m0./s1. The van der Waals surface area contributed by atoms with Gasteiger partial charge < -0.3 is 174 Å². The summed E-state index contributed by atoms with van der Waals surface area (Å²) < 4.78 is 78.5. The van der Waals surface area contributed by atoms with E-state index in [0.717, 1.165) is 0 Å². The van der Waals surface area contributed by atoms with Gasteiger partial charge in [0.05, 0.1) is 39.6 Å². The van der Waals surface area contributed by atoms with Crippen molar-refractivity contribution < 1.29 is 174 Å². The summed E-state index contributed by atoms with van der Waals surface area (Å²) in [6, 6.07) is 0. The molecule has 21 heterocycles. The van der Waals surface area contributed by atoms with Crippen LogP contribution < -0.4 is 0 Å². The van der Waals surface area contributed by atoms with Crippen LogP contribution >= 0.6 is 0 Å². The molecule has 466 valence electrons. The number of hydrogen-bond acceptors (Lipinski definition) is 35. The first-order valence-corrected chi connectivity index (χ1v) is 26.1. The van der Waals surface area contributed by atoms with Crippen molar-refractivity contribution in [1.82, 2.24) is 0 Å². The molecule has 21 N–H and O–H groups in total. The van der Waals surface area contributed by atoms with Crippen molar-refractivity contribution in [3.8, 4) is 0 Å². The van der Waals surface area contributed by atoms with Crippen LogP contribution in [0, 0.1) is 0 Å². The Labute approximate surface area is 453 Å². The van der Waals surface area contributed by atoms with Crippen molar-refractivity contribution >= 4 is 0 Å². The summed E-state index contributed by atoms with van der Waals surface area (Å²) in [5.74, 6) is -3.06. The Hall–Kier alpha value is -1.40. The average Bonchev–Trinajstić information content (AvgIpc) is 3.42. The summed E-state index contributed by atoms with van der Waals surface area (Å²) in [7, 11) is 0. The second kappa shape index (κ2) is 27.5. The van der Waals surface area contributed by atoms with E-state index in [2.05, 4.69) is 0 Å². The molecule has 21 saturated heterocycles. The summed E-state index contributed by atoms with van der Waals surface area (Å²) in [5, 5.41) is 230. The molecule has 1 aliphatic carbocycles. The fourth-order valence-electron chi connectivity index (χ4n) is 10.4. The molecule has 0 radical (unpaired) electrons. The first kappa shape index (κ1) is 64.6. The van der Waals surface area contributed by atoms with Gasteiger partial charge in [0.25, 0.3) is 0 Å². The third-order valence-electron chi connectivity index (χ3n) is 15.5. The first-order valence-electron chi connectivity index (χ1n) is 26.1. The van der Waals surface area contributed by atoms with Crippen LogP contribution in [0.3, 0.4) is 0 Å². The van der Waals surface area contributed by atoms with Crippen LogP contribution in [0.1, 0.15) is 25.7 Å². The van der Waals surface area contributed by atoms with Crippen LogP contribution in [0.2, 0.25) is 0 Å². The average molecular weight is 1180 g/mol. The SMILES string of the molecule is C1CCC1.OC[C@@H]1O[C@H]2OC3C(O)[C@H](O)[C@H](OC4C(O)[C@H](O)[C@@H](OC5C(O)[C@H](O)[C@H](O[C@H]5CO)O[C@]5(O)CO[C@@H](OC6C(O)[C@H](O)[C@@H](OC7C(O)[C@H](O)[C@H](OC1C(O)[C@@H]2O)O[C@H]7CO)O[C@H]6CO)[C@@H](O)C5O)O[C@H]4CO)O[C@H]3CO. The lowest BCUT2D eigenvalue weighted by atomic mass is 9.95. The van der Waals surface area contributed by atoms with Crippen LogP contribution in [-0.2, 0) is 66.3 Å².